The average Bonchev–Trinajstić information content (AvgIpc) is 2.39. The van der Waals surface area contributed by atoms with E-state index in [0.29, 0.717) is 19.5 Å². The SMILES string of the molecule is CC(C)C(CN)C(=O)N1CCCC(C)(O)CC1. The van der Waals surface area contributed by atoms with Gasteiger partial charge in [-0.2, -0.15) is 0 Å². The number of hydrogen-bond acceptors (Lipinski definition) is 3. The number of amides is 1. The van der Waals surface area contributed by atoms with Crippen LogP contribution in [-0.4, -0.2) is 41.1 Å². The maximum absolute atomic E-state index is 12.3. The van der Waals surface area contributed by atoms with E-state index in [-0.39, 0.29) is 17.7 Å². The van der Waals surface area contributed by atoms with E-state index >= 15 is 0 Å². The van der Waals surface area contributed by atoms with Crippen molar-refractivity contribution in [2.24, 2.45) is 17.6 Å². The summed E-state index contributed by atoms with van der Waals surface area (Å²) < 4.78 is 0. The molecule has 0 aromatic rings. The molecule has 0 spiro atoms. The Kier molecular flexibility index (Phi) is 4.95. The summed E-state index contributed by atoms with van der Waals surface area (Å²) in [6, 6.07) is 0. The van der Waals surface area contributed by atoms with Crippen LogP contribution in [0, 0.1) is 11.8 Å². The highest BCUT2D eigenvalue weighted by Gasteiger charge is 2.30. The number of rotatable bonds is 3. The number of hydrogen-bond donors (Lipinski definition) is 2. The predicted molar refractivity (Wildman–Crippen MR) is 68.4 cm³/mol. The first-order valence-corrected chi connectivity index (χ1v) is 6.58. The maximum Gasteiger partial charge on any atom is 0.227 e. The van der Waals surface area contributed by atoms with Crippen LogP contribution in [0.3, 0.4) is 0 Å². The van der Waals surface area contributed by atoms with Gasteiger partial charge in [0.2, 0.25) is 5.91 Å². The van der Waals surface area contributed by atoms with Crippen LogP contribution in [0.2, 0.25) is 0 Å². The summed E-state index contributed by atoms with van der Waals surface area (Å²) in [5.74, 6) is 0.342. The quantitative estimate of drug-likeness (QED) is 0.775. The molecule has 100 valence electrons. The van der Waals surface area contributed by atoms with Crippen LogP contribution >= 0.6 is 0 Å². The van der Waals surface area contributed by atoms with Crippen LogP contribution in [-0.2, 0) is 4.79 Å². The second-order valence-electron chi connectivity index (χ2n) is 5.76. The van der Waals surface area contributed by atoms with E-state index in [9.17, 15) is 9.90 Å². The fourth-order valence-corrected chi connectivity index (χ4v) is 2.38. The molecule has 1 rings (SSSR count). The lowest BCUT2D eigenvalue weighted by atomic mass is 9.94. The second kappa shape index (κ2) is 5.83. The molecule has 4 nitrogen and oxygen atoms in total. The van der Waals surface area contributed by atoms with Crippen LogP contribution in [0.1, 0.15) is 40.0 Å². The molecule has 0 aromatic heterocycles. The van der Waals surface area contributed by atoms with Crippen LogP contribution in [0.15, 0.2) is 0 Å². The fraction of sp³-hybridized carbons (Fsp3) is 0.923. The molecule has 0 bridgehead atoms. The number of nitrogens with zero attached hydrogens (tertiary/aromatic N) is 1. The minimum Gasteiger partial charge on any atom is -0.390 e. The lowest BCUT2D eigenvalue weighted by Gasteiger charge is -2.28. The fourth-order valence-electron chi connectivity index (χ4n) is 2.38. The Morgan fingerprint density at radius 1 is 1.41 bits per heavy atom. The molecule has 1 aliphatic heterocycles. The molecular weight excluding hydrogens is 216 g/mol. The van der Waals surface area contributed by atoms with Crippen molar-refractivity contribution in [1.82, 2.24) is 4.90 Å². The third-order valence-electron chi connectivity index (χ3n) is 3.75. The summed E-state index contributed by atoms with van der Waals surface area (Å²) >= 11 is 0. The third kappa shape index (κ3) is 3.96. The summed E-state index contributed by atoms with van der Waals surface area (Å²) in [6.07, 6.45) is 2.30. The Labute approximate surface area is 104 Å². The minimum atomic E-state index is -0.620. The monoisotopic (exact) mass is 242 g/mol. The van der Waals surface area contributed by atoms with Crippen molar-refractivity contribution in [3.63, 3.8) is 0 Å². The molecule has 2 unspecified atom stereocenters. The first kappa shape index (κ1) is 14.5. The van der Waals surface area contributed by atoms with Gasteiger partial charge < -0.3 is 15.7 Å². The molecule has 2 atom stereocenters. The Balaban J connectivity index is 2.63. The van der Waals surface area contributed by atoms with E-state index in [0.717, 1.165) is 19.4 Å². The summed E-state index contributed by atoms with van der Waals surface area (Å²) in [7, 11) is 0. The van der Waals surface area contributed by atoms with Gasteiger partial charge >= 0.3 is 0 Å². The zero-order valence-electron chi connectivity index (χ0n) is 11.3. The van der Waals surface area contributed by atoms with Gasteiger partial charge in [0.25, 0.3) is 0 Å². The van der Waals surface area contributed by atoms with Crippen molar-refractivity contribution in [1.29, 1.82) is 0 Å². The summed E-state index contributed by atoms with van der Waals surface area (Å²) in [5.41, 5.74) is 5.06. The molecule has 1 fully saturated rings. The van der Waals surface area contributed by atoms with Gasteiger partial charge in [0.05, 0.1) is 11.5 Å². The van der Waals surface area contributed by atoms with Crippen molar-refractivity contribution in [2.75, 3.05) is 19.6 Å². The summed E-state index contributed by atoms with van der Waals surface area (Å²) in [4.78, 5) is 14.2. The van der Waals surface area contributed by atoms with Gasteiger partial charge in [0.1, 0.15) is 0 Å². The second-order valence-corrected chi connectivity index (χ2v) is 5.76. The Hall–Kier alpha value is -0.610. The van der Waals surface area contributed by atoms with Gasteiger partial charge in [-0.3, -0.25) is 4.79 Å². The van der Waals surface area contributed by atoms with E-state index in [4.69, 9.17) is 5.73 Å². The Bertz CT molecular complexity index is 264. The van der Waals surface area contributed by atoms with Gasteiger partial charge in [-0.1, -0.05) is 13.8 Å². The number of likely N-dealkylation sites (tertiary alicyclic amines) is 1. The maximum atomic E-state index is 12.3. The van der Waals surface area contributed by atoms with Crippen molar-refractivity contribution >= 4 is 5.91 Å². The zero-order chi connectivity index (χ0) is 13.1. The highest BCUT2D eigenvalue weighted by Crippen LogP contribution is 2.23. The normalized spacial score (nSPS) is 28.0. The lowest BCUT2D eigenvalue weighted by molar-refractivity contribution is -0.136. The van der Waals surface area contributed by atoms with Crippen molar-refractivity contribution in [3.8, 4) is 0 Å². The smallest absolute Gasteiger partial charge is 0.227 e. The van der Waals surface area contributed by atoms with Crippen molar-refractivity contribution in [2.45, 2.75) is 45.6 Å². The van der Waals surface area contributed by atoms with Gasteiger partial charge in [0, 0.05) is 19.6 Å². The number of nitrogens with two attached hydrogens (primary N) is 1. The van der Waals surface area contributed by atoms with Crippen LogP contribution in [0.25, 0.3) is 0 Å². The van der Waals surface area contributed by atoms with Gasteiger partial charge in [-0.25, -0.2) is 0 Å². The molecule has 3 N–H and O–H groups in total. The van der Waals surface area contributed by atoms with E-state index < -0.39 is 5.60 Å². The highest BCUT2D eigenvalue weighted by atomic mass is 16.3. The predicted octanol–water partition coefficient (Wildman–Crippen LogP) is 0.981. The lowest BCUT2D eigenvalue weighted by Crippen LogP contribution is -2.42. The average molecular weight is 242 g/mol. The molecule has 17 heavy (non-hydrogen) atoms. The van der Waals surface area contributed by atoms with Gasteiger partial charge in [-0.15, -0.1) is 0 Å². The van der Waals surface area contributed by atoms with Gasteiger partial charge in [0.15, 0.2) is 0 Å². The molecule has 1 aliphatic rings. The van der Waals surface area contributed by atoms with Crippen LogP contribution < -0.4 is 5.73 Å². The van der Waals surface area contributed by atoms with Gasteiger partial charge in [-0.05, 0) is 32.1 Å². The van der Waals surface area contributed by atoms with E-state index in [1.165, 1.54) is 0 Å². The molecule has 0 aliphatic carbocycles. The van der Waals surface area contributed by atoms with Crippen molar-refractivity contribution < 1.29 is 9.90 Å². The molecule has 1 heterocycles. The molecule has 0 radical (unpaired) electrons. The topological polar surface area (TPSA) is 66.6 Å². The largest absolute Gasteiger partial charge is 0.390 e. The van der Waals surface area contributed by atoms with E-state index in [2.05, 4.69) is 0 Å². The first-order valence-electron chi connectivity index (χ1n) is 6.58. The third-order valence-corrected chi connectivity index (χ3v) is 3.75. The molecule has 1 saturated heterocycles. The Morgan fingerprint density at radius 3 is 2.59 bits per heavy atom. The molecular formula is C13H26N2O2. The van der Waals surface area contributed by atoms with Crippen molar-refractivity contribution in [3.05, 3.63) is 0 Å². The molecule has 4 heteroatoms. The molecule has 0 aromatic carbocycles. The van der Waals surface area contributed by atoms with Crippen LogP contribution in [0.5, 0.6) is 0 Å². The number of carbonyl (C=O) groups excluding carboxylic acids is 1. The standard InChI is InChI=1S/C13H26N2O2/c1-10(2)11(9-14)12(16)15-7-4-5-13(3,17)6-8-15/h10-11,17H,4-9,14H2,1-3H3. The zero-order valence-corrected chi connectivity index (χ0v) is 11.3. The molecule has 1 amide bonds. The van der Waals surface area contributed by atoms with E-state index in [1.807, 2.05) is 25.7 Å². The summed E-state index contributed by atoms with van der Waals surface area (Å²) in [5, 5.41) is 10.00. The highest BCUT2D eigenvalue weighted by molar-refractivity contribution is 5.79. The number of aliphatic hydroxyl groups is 1. The Morgan fingerprint density at radius 2 is 2.06 bits per heavy atom. The van der Waals surface area contributed by atoms with E-state index in [1.54, 1.807) is 0 Å². The summed E-state index contributed by atoms with van der Waals surface area (Å²) in [6.45, 7) is 7.72. The minimum absolute atomic E-state index is 0.0851. The van der Waals surface area contributed by atoms with Crippen LogP contribution in [0.4, 0.5) is 0 Å². The molecule has 0 saturated carbocycles. The number of carbonyl (C=O) groups is 1. The first-order chi connectivity index (χ1) is 7.87.